The molecule has 1 aliphatic rings. The Bertz CT molecular complexity index is 593. The normalized spacial score (nSPS) is 16.3. The lowest BCUT2D eigenvalue weighted by Crippen LogP contribution is -2.49. The molecule has 1 fully saturated rings. The maximum atomic E-state index is 12.1. The van der Waals surface area contributed by atoms with Gasteiger partial charge in [0.25, 0.3) is 0 Å². The van der Waals surface area contributed by atoms with Crippen LogP contribution in [0.15, 0.2) is 18.5 Å². The van der Waals surface area contributed by atoms with Gasteiger partial charge in [-0.25, -0.2) is 4.68 Å². The largest absolute Gasteiger partial charge is 0.339 e. The number of tetrazole rings is 1. The van der Waals surface area contributed by atoms with E-state index in [0.717, 1.165) is 37.1 Å². The Kier molecular flexibility index (Phi) is 4.47. The van der Waals surface area contributed by atoms with Crippen LogP contribution in [0.4, 0.5) is 0 Å². The van der Waals surface area contributed by atoms with Crippen LogP contribution in [0.5, 0.6) is 0 Å². The summed E-state index contributed by atoms with van der Waals surface area (Å²) in [6.45, 7) is 4.31. The summed E-state index contributed by atoms with van der Waals surface area (Å²) in [6.07, 6.45) is 1.45. The topological polar surface area (TPSA) is 67.2 Å². The fourth-order valence-corrected chi connectivity index (χ4v) is 3.43. The predicted molar refractivity (Wildman–Crippen MR) is 79.0 cm³/mol. The van der Waals surface area contributed by atoms with Gasteiger partial charge in [-0.3, -0.25) is 9.69 Å². The van der Waals surface area contributed by atoms with Crippen molar-refractivity contribution in [3.8, 4) is 0 Å². The fourth-order valence-electron chi connectivity index (χ4n) is 2.30. The summed E-state index contributed by atoms with van der Waals surface area (Å²) < 4.78 is 2.27. The molecule has 7 nitrogen and oxygen atoms in total. The first kappa shape index (κ1) is 14.4. The van der Waals surface area contributed by atoms with Crippen molar-refractivity contribution < 1.29 is 4.79 Å². The summed E-state index contributed by atoms with van der Waals surface area (Å²) in [4.78, 5) is 17.6. The van der Waals surface area contributed by atoms with Crippen molar-refractivity contribution in [3.63, 3.8) is 0 Å². The number of hydrogen-bond acceptors (Lipinski definition) is 6. The number of carbonyl (C=O) groups excluding carboxylic acids is 1. The van der Waals surface area contributed by atoms with Crippen LogP contribution in [0.1, 0.15) is 4.88 Å². The zero-order valence-corrected chi connectivity index (χ0v) is 12.9. The quantitative estimate of drug-likeness (QED) is 0.828. The van der Waals surface area contributed by atoms with Gasteiger partial charge in [0.1, 0.15) is 12.9 Å². The maximum Gasteiger partial charge on any atom is 0.244 e. The second-order valence-electron chi connectivity index (χ2n) is 4.87. The number of halogens is 1. The summed E-state index contributed by atoms with van der Waals surface area (Å²) in [5, 5.41) is 10.8. The van der Waals surface area contributed by atoms with E-state index in [-0.39, 0.29) is 12.5 Å². The number of nitrogens with zero attached hydrogens (tertiary/aromatic N) is 6. The molecular formula is C12H15ClN6OS. The van der Waals surface area contributed by atoms with Crippen molar-refractivity contribution in [1.29, 1.82) is 0 Å². The fraction of sp³-hybridized carbons (Fsp3) is 0.500. The molecule has 0 saturated carbocycles. The maximum absolute atomic E-state index is 12.1. The van der Waals surface area contributed by atoms with Crippen LogP contribution >= 0.6 is 22.9 Å². The SMILES string of the molecule is O=C(Cn1cnnn1)N1CCN(Cc2ccc(Cl)s2)CC1. The summed E-state index contributed by atoms with van der Waals surface area (Å²) in [7, 11) is 0. The number of amides is 1. The minimum Gasteiger partial charge on any atom is -0.339 e. The number of thiophene rings is 1. The Hall–Kier alpha value is -1.51. The van der Waals surface area contributed by atoms with Gasteiger partial charge in [0.2, 0.25) is 5.91 Å². The Morgan fingerprint density at radius 2 is 2.10 bits per heavy atom. The zero-order chi connectivity index (χ0) is 14.7. The van der Waals surface area contributed by atoms with E-state index < -0.39 is 0 Å². The van der Waals surface area contributed by atoms with Crippen molar-refractivity contribution in [2.75, 3.05) is 26.2 Å². The molecule has 1 aliphatic heterocycles. The highest BCUT2D eigenvalue weighted by molar-refractivity contribution is 7.16. The lowest BCUT2D eigenvalue weighted by molar-refractivity contribution is -0.133. The average molecular weight is 327 g/mol. The Labute approximate surface area is 131 Å². The Balaban J connectivity index is 1.47. The van der Waals surface area contributed by atoms with E-state index in [1.54, 1.807) is 11.3 Å². The van der Waals surface area contributed by atoms with Crippen molar-refractivity contribution in [3.05, 3.63) is 27.7 Å². The van der Waals surface area contributed by atoms with Gasteiger partial charge < -0.3 is 4.90 Å². The lowest BCUT2D eigenvalue weighted by atomic mass is 10.3. The third-order valence-corrected chi connectivity index (χ3v) is 4.64. The number of aromatic nitrogens is 4. The van der Waals surface area contributed by atoms with E-state index in [1.807, 2.05) is 11.0 Å². The first-order chi connectivity index (χ1) is 10.2. The minimum atomic E-state index is 0.0566. The van der Waals surface area contributed by atoms with E-state index in [1.165, 1.54) is 15.9 Å². The van der Waals surface area contributed by atoms with Crippen molar-refractivity contribution >= 4 is 28.8 Å². The van der Waals surface area contributed by atoms with Crippen molar-refractivity contribution in [2.45, 2.75) is 13.1 Å². The molecule has 112 valence electrons. The third kappa shape index (κ3) is 3.78. The molecule has 1 saturated heterocycles. The highest BCUT2D eigenvalue weighted by Crippen LogP contribution is 2.23. The molecular weight excluding hydrogens is 312 g/mol. The van der Waals surface area contributed by atoms with Crippen LogP contribution in [0.3, 0.4) is 0 Å². The molecule has 1 amide bonds. The van der Waals surface area contributed by atoms with Crippen LogP contribution in [0.2, 0.25) is 4.34 Å². The monoisotopic (exact) mass is 326 g/mol. The van der Waals surface area contributed by atoms with Crippen LogP contribution < -0.4 is 0 Å². The molecule has 2 aromatic rings. The number of hydrogen-bond donors (Lipinski definition) is 0. The standard InChI is InChI=1S/C12H15ClN6OS/c13-11-2-1-10(21-11)7-17-3-5-18(6-4-17)12(20)8-19-9-14-15-16-19/h1-2,9H,3-8H2. The van der Waals surface area contributed by atoms with Gasteiger partial charge in [0, 0.05) is 37.6 Å². The molecule has 0 unspecified atom stereocenters. The van der Waals surface area contributed by atoms with Gasteiger partial charge in [0.15, 0.2) is 0 Å². The number of rotatable bonds is 4. The van der Waals surface area contributed by atoms with E-state index in [4.69, 9.17) is 11.6 Å². The van der Waals surface area contributed by atoms with Gasteiger partial charge in [-0.05, 0) is 22.6 Å². The molecule has 0 spiro atoms. The molecule has 0 radical (unpaired) electrons. The van der Waals surface area contributed by atoms with Gasteiger partial charge in [-0.15, -0.1) is 16.4 Å². The second kappa shape index (κ2) is 6.50. The molecule has 0 N–H and O–H groups in total. The number of carbonyl (C=O) groups is 1. The van der Waals surface area contributed by atoms with Crippen LogP contribution in [0.25, 0.3) is 0 Å². The van der Waals surface area contributed by atoms with E-state index in [0.29, 0.717) is 0 Å². The van der Waals surface area contributed by atoms with Gasteiger partial charge >= 0.3 is 0 Å². The summed E-state index contributed by atoms with van der Waals surface area (Å²) in [5.41, 5.74) is 0. The third-order valence-electron chi connectivity index (χ3n) is 3.42. The molecule has 2 aromatic heterocycles. The zero-order valence-electron chi connectivity index (χ0n) is 11.4. The first-order valence-electron chi connectivity index (χ1n) is 6.66. The van der Waals surface area contributed by atoms with E-state index in [9.17, 15) is 4.79 Å². The first-order valence-corrected chi connectivity index (χ1v) is 7.85. The summed E-state index contributed by atoms with van der Waals surface area (Å²) in [6, 6.07) is 3.98. The Morgan fingerprint density at radius 3 is 2.71 bits per heavy atom. The van der Waals surface area contributed by atoms with Gasteiger partial charge in [-0.2, -0.15) is 0 Å². The molecule has 0 bridgehead atoms. The van der Waals surface area contributed by atoms with Gasteiger partial charge in [-0.1, -0.05) is 11.6 Å². The highest BCUT2D eigenvalue weighted by Gasteiger charge is 2.21. The minimum absolute atomic E-state index is 0.0566. The molecule has 3 heterocycles. The van der Waals surface area contributed by atoms with Crippen molar-refractivity contribution in [2.24, 2.45) is 0 Å². The molecule has 21 heavy (non-hydrogen) atoms. The highest BCUT2D eigenvalue weighted by atomic mass is 35.5. The van der Waals surface area contributed by atoms with Crippen molar-refractivity contribution in [1.82, 2.24) is 30.0 Å². The van der Waals surface area contributed by atoms with Gasteiger partial charge in [0.05, 0.1) is 4.34 Å². The van der Waals surface area contributed by atoms with Crippen LogP contribution in [-0.2, 0) is 17.9 Å². The summed E-state index contributed by atoms with van der Waals surface area (Å²) in [5.74, 6) is 0.0566. The predicted octanol–water partition coefficient (Wildman–Crippen LogP) is 0.732. The molecule has 0 aliphatic carbocycles. The molecule has 0 atom stereocenters. The smallest absolute Gasteiger partial charge is 0.244 e. The summed E-state index contributed by atoms with van der Waals surface area (Å²) >= 11 is 7.55. The molecule has 9 heteroatoms. The Morgan fingerprint density at radius 1 is 1.29 bits per heavy atom. The second-order valence-corrected chi connectivity index (χ2v) is 6.67. The van der Waals surface area contributed by atoms with Crippen LogP contribution in [-0.4, -0.2) is 62.1 Å². The number of piperazine rings is 1. The van der Waals surface area contributed by atoms with E-state index >= 15 is 0 Å². The van der Waals surface area contributed by atoms with E-state index in [2.05, 4.69) is 26.5 Å². The molecule has 3 rings (SSSR count). The van der Waals surface area contributed by atoms with Crippen LogP contribution in [0, 0.1) is 0 Å². The molecule has 0 aromatic carbocycles. The average Bonchev–Trinajstić information content (AvgIpc) is 3.12. The lowest BCUT2D eigenvalue weighted by Gasteiger charge is -2.34.